The molecule has 0 unspecified atom stereocenters. The van der Waals surface area contributed by atoms with Crippen LogP contribution in [0.2, 0.25) is 0 Å². The number of pyridine rings is 1. The van der Waals surface area contributed by atoms with Crippen LogP contribution >= 0.6 is 0 Å². The zero-order chi connectivity index (χ0) is 25.2. The first-order chi connectivity index (χ1) is 17.3. The molecule has 0 aliphatic carbocycles. The number of rotatable bonds is 4. The van der Waals surface area contributed by atoms with E-state index in [0.717, 1.165) is 55.2 Å². The minimum atomic E-state index is -0.602. The summed E-state index contributed by atoms with van der Waals surface area (Å²) in [6.07, 6.45) is 5.96. The van der Waals surface area contributed by atoms with Gasteiger partial charge in [0.15, 0.2) is 0 Å². The Morgan fingerprint density at radius 2 is 1.89 bits per heavy atom. The minimum absolute atomic E-state index is 0.0437. The molecule has 2 fully saturated rings. The van der Waals surface area contributed by atoms with E-state index in [0.29, 0.717) is 16.7 Å². The van der Waals surface area contributed by atoms with Gasteiger partial charge in [0, 0.05) is 43.4 Å². The maximum Gasteiger partial charge on any atom is 0.259 e. The Kier molecular flexibility index (Phi) is 4.74. The number of benzene rings is 1. The molecule has 0 saturated carbocycles. The normalized spacial score (nSPS) is 19.1. The lowest BCUT2D eigenvalue weighted by molar-refractivity contribution is -0.0105. The molecule has 0 bridgehead atoms. The van der Waals surface area contributed by atoms with Crippen molar-refractivity contribution < 1.29 is 9.59 Å². The van der Waals surface area contributed by atoms with Crippen molar-refractivity contribution >= 4 is 23.2 Å². The van der Waals surface area contributed by atoms with Gasteiger partial charge in [-0.3, -0.25) is 24.6 Å². The predicted molar refractivity (Wildman–Crippen MR) is 134 cm³/mol. The standard InChI is InChI=1S/C27H27N7O2/c1-4-23-21(12-30-31-23)24(35)33-15-27(16-33)13-32(14-27)18-8-19(11-29-10-18)34-25(36)20-6-5-17(9-28)7-22(20)26(34,2)3/h5-8,10-12H,4,13-16H2,1-3H3,(H,30,31). The molecule has 5 heterocycles. The predicted octanol–water partition coefficient (Wildman–Crippen LogP) is 3.10. The average Bonchev–Trinajstić information content (AvgIpc) is 3.37. The van der Waals surface area contributed by atoms with Crippen LogP contribution < -0.4 is 9.80 Å². The van der Waals surface area contributed by atoms with Crippen LogP contribution in [0.15, 0.2) is 42.9 Å². The summed E-state index contributed by atoms with van der Waals surface area (Å²) < 4.78 is 0. The number of H-pyrrole nitrogens is 1. The summed E-state index contributed by atoms with van der Waals surface area (Å²) in [6, 6.07) is 9.41. The van der Waals surface area contributed by atoms with E-state index >= 15 is 0 Å². The molecule has 2 saturated heterocycles. The third-order valence-corrected chi connectivity index (χ3v) is 7.81. The highest BCUT2D eigenvalue weighted by atomic mass is 16.2. The van der Waals surface area contributed by atoms with Crippen molar-refractivity contribution in [2.24, 2.45) is 5.41 Å². The van der Waals surface area contributed by atoms with Crippen LogP contribution in [0.3, 0.4) is 0 Å². The fourth-order valence-corrected chi connectivity index (χ4v) is 5.95. The van der Waals surface area contributed by atoms with Gasteiger partial charge in [-0.2, -0.15) is 10.4 Å². The van der Waals surface area contributed by atoms with Gasteiger partial charge in [-0.25, -0.2) is 0 Å². The number of fused-ring (bicyclic) bond motifs is 1. The number of amides is 2. The summed E-state index contributed by atoms with van der Waals surface area (Å²) in [4.78, 5) is 36.6. The van der Waals surface area contributed by atoms with Crippen molar-refractivity contribution in [1.29, 1.82) is 5.26 Å². The second kappa shape index (κ2) is 7.65. The van der Waals surface area contributed by atoms with Gasteiger partial charge in [-0.05, 0) is 50.1 Å². The molecule has 36 heavy (non-hydrogen) atoms. The molecule has 0 atom stereocenters. The molecular weight excluding hydrogens is 454 g/mol. The molecule has 1 aromatic carbocycles. The molecule has 1 N–H and O–H groups in total. The maximum absolute atomic E-state index is 13.3. The number of aryl methyl sites for hydroxylation is 1. The molecule has 0 radical (unpaired) electrons. The van der Waals surface area contributed by atoms with Crippen LogP contribution in [0.1, 0.15) is 58.3 Å². The Labute approximate surface area is 209 Å². The van der Waals surface area contributed by atoms with E-state index in [1.165, 1.54) is 0 Å². The van der Waals surface area contributed by atoms with Gasteiger partial charge in [-0.1, -0.05) is 6.92 Å². The van der Waals surface area contributed by atoms with Crippen molar-refractivity contribution in [2.45, 2.75) is 32.7 Å². The Morgan fingerprint density at radius 3 is 2.61 bits per heavy atom. The number of nitriles is 1. The van der Waals surface area contributed by atoms with Crippen LogP contribution in [-0.4, -0.2) is 58.1 Å². The van der Waals surface area contributed by atoms with Gasteiger partial charge in [0.05, 0.1) is 52.2 Å². The number of aromatic amines is 1. The van der Waals surface area contributed by atoms with E-state index in [4.69, 9.17) is 0 Å². The third kappa shape index (κ3) is 3.14. The Morgan fingerprint density at radius 1 is 1.14 bits per heavy atom. The summed E-state index contributed by atoms with van der Waals surface area (Å²) >= 11 is 0. The van der Waals surface area contributed by atoms with Gasteiger partial charge < -0.3 is 9.80 Å². The summed E-state index contributed by atoms with van der Waals surface area (Å²) in [5, 5.41) is 16.3. The summed E-state index contributed by atoms with van der Waals surface area (Å²) in [5.41, 5.74) is 4.69. The first-order valence-electron chi connectivity index (χ1n) is 12.2. The van der Waals surface area contributed by atoms with Crippen molar-refractivity contribution in [1.82, 2.24) is 20.1 Å². The average molecular weight is 482 g/mol. The Bertz CT molecular complexity index is 1440. The van der Waals surface area contributed by atoms with Gasteiger partial charge in [0.25, 0.3) is 11.8 Å². The highest BCUT2D eigenvalue weighted by molar-refractivity contribution is 6.12. The summed E-state index contributed by atoms with van der Waals surface area (Å²) in [5.74, 6) is -0.0420. The number of hydrogen-bond acceptors (Lipinski definition) is 6. The number of hydrogen-bond donors (Lipinski definition) is 1. The SMILES string of the molecule is CCc1n[nH]cc1C(=O)N1CC2(C1)CN(c1cncc(N3C(=O)c4ccc(C#N)cc4C3(C)C)c1)C2. The van der Waals surface area contributed by atoms with Gasteiger partial charge in [-0.15, -0.1) is 0 Å². The molecule has 2 amide bonds. The lowest BCUT2D eigenvalue weighted by Gasteiger charge is -2.60. The molecule has 1 spiro atoms. The highest BCUT2D eigenvalue weighted by Crippen LogP contribution is 2.45. The van der Waals surface area contributed by atoms with Crippen molar-refractivity contribution in [3.05, 3.63) is 70.8 Å². The summed E-state index contributed by atoms with van der Waals surface area (Å²) in [7, 11) is 0. The largest absolute Gasteiger partial charge is 0.369 e. The highest BCUT2D eigenvalue weighted by Gasteiger charge is 2.53. The van der Waals surface area contributed by atoms with E-state index < -0.39 is 5.54 Å². The van der Waals surface area contributed by atoms with Gasteiger partial charge in [0.2, 0.25) is 0 Å². The van der Waals surface area contributed by atoms with Crippen molar-refractivity contribution in [3.63, 3.8) is 0 Å². The number of nitrogens with zero attached hydrogens (tertiary/aromatic N) is 6. The van der Waals surface area contributed by atoms with E-state index in [1.54, 1.807) is 35.5 Å². The van der Waals surface area contributed by atoms with Crippen molar-refractivity contribution in [3.8, 4) is 6.07 Å². The van der Waals surface area contributed by atoms with Crippen LogP contribution in [0.4, 0.5) is 11.4 Å². The Balaban J connectivity index is 1.16. The van der Waals surface area contributed by atoms with Crippen LogP contribution in [0.5, 0.6) is 0 Å². The number of carbonyl (C=O) groups excluding carboxylic acids is 2. The fraction of sp³-hybridized carbons (Fsp3) is 0.370. The lowest BCUT2D eigenvalue weighted by atomic mass is 9.72. The topological polar surface area (TPSA) is 109 Å². The van der Waals surface area contributed by atoms with Gasteiger partial charge >= 0.3 is 0 Å². The fourth-order valence-electron chi connectivity index (χ4n) is 5.95. The first-order valence-corrected chi connectivity index (χ1v) is 12.2. The molecule has 3 aliphatic rings. The molecular formula is C27H27N7O2. The van der Waals surface area contributed by atoms with Gasteiger partial charge in [0.1, 0.15) is 0 Å². The summed E-state index contributed by atoms with van der Waals surface area (Å²) in [6.45, 7) is 9.14. The number of nitrogens with one attached hydrogen (secondary N) is 1. The van der Waals surface area contributed by atoms with Crippen molar-refractivity contribution in [2.75, 3.05) is 36.0 Å². The van der Waals surface area contributed by atoms with E-state index in [-0.39, 0.29) is 17.2 Å². The Hall–Kier alpha value is -4.19. The number of likely N-dealkylation sites (tertiary alicyclic amines) is 1. The number of aromatic nitrogens is 3. The monoisotopic (exact) mass is 481 g/mol. The van der Waals surface area contributed by atoms with E-state index in [9.17, 15) is 14.9 Å². The van der Waals surface area contributed by atoms with Crippen LogP contribution in [0.25, 0.3) is 0 Å². The third-order valence-electron chi connectivity index (χ3n) is 7.81. The van der Waals surface area contributed by atoms with E-state index in [1.807, 2.05) is 37.9 Å². The number of anilines is 2. The smallest absolute Gasteiger partial charge is 0.259 e. The molecule has 2 aromatic heterocycles. The number of carbonyl (C=O) groups is 2. The zero-order valence-corrected chi connectivity index (χ0v) is 20.6. The second-order valence-electron chi connectivity index (χ2n) is 10.6. The van der Waals surface area contributed by atoms with E-state index in [2.05, 4.69) is 26.2 Å². The minimum Gasteiger partial charge on any atom is -0.369 e. The molecule has 3 aromatic rings. The maximum atomic E-state index is 13.3. The first kappa shape index (κ1) is 22.3. The quantitative estimate of drug-likeness (QED) is 0.613. The molecule has 6 rings (SSSR count). The molecule has 9 nitrogen and oxygen atoms in total. The van der Waals surface area contributed by atoms with Crippen LogP contribution in [0, 0.1) is 16.7 Å². The van der Waals surface area contributed by atoms with Crippen LogP contribution in [-0.2, 0) is 12.0 Å². The second-order valence-corrected chi connectivity index (χ2v) is 10.6. The molecule has 182 valence electrons. The molecule has 9 heteroatoms. The lowest BCUT2D eigenvalue weighted by Crippen LogP contribution is -2.73. The zero-order valence-electron chi connectivity index (χ0n) is 20.6. The molecule has 3 aliphatic heterocycles.